The van der Waals surface area contributed by atoms with Crippen LogP contribution in [-0.4, -0.2) is 24.4 Å². The zero-order valence-corrected chi connectivity index (χ0v) is 17.7. The van der Waals surface area contributed by atoms with Gasteiger partial charge in [0, 0.05) is 22.3 Å². The van der Waals surface area contributed by atoms with E-state index in [1.165, 1.54) is 12.1 Å². The Morgan fingerprint density at radius 1 is 1.13 bits per heavy atom. The Balaban J connectivity index is 2.63. The van der Waals surface area contributed by atoms with Crippen molar-refractivity contribution in [3.63, 3.8) is 0 Å². The second-order valence-corrected chi connectivity index (χ2v) is 8.39. The highest BCUT2D eigenvalue weighted by molar-refractivity contribution is 7.53. The van der Waals surface area contributed by atoms with E-state index in [4.69, 9.17) is 20.6 Å². The van der Waals surface area contributed by atoms with Crippen molar-refractivity contribution < 1.29 is 31.7 Å². The minimum atomic E-state index is -4.91. The van der Waals surface area contributed by atoms with Crippen molar-refractivity contribution in [1.29, 1.82) is 0 Å². The fraction of sp³-hybridized carbons (Fsp3) is 0.333. The number of alkyl halides is 3. The lowest BCUT2D eigenvalue weighted by Gasteiger charge is -2.21. The zero-order chi connectivity index (χ0) is 22.5. The van der Waals surface area contributed by atoms with Crippen LogP contribution in [-0.2, 0) is 19.8 Å². The van der Waals surface area contributed by atoms with Gasteiger partial charge in [0.2, 0.25) is 0 Å². The van der Waals surface area contributed by atoms with Crippen LogP contribution in [0.4, 0.5) is 24.5 Å². The van der Waals surface area contributed by atoms with E-state index in [9.17, 15) is 27.9 Å². The molecule has 0 aliphatic heterocycles. The molecule has 164 valence electrons. The molecule has 2 aromatic rings. The van der Waals surface area contributed by atoms with Crippen LogP contribution in [0.5, 0.6) is 0 Å². The van der Waals surface area contributed by atoms with Gasteiger partial charge >= 0.3 is 13.8 Å². The van der Waals surface area contributed by atoms with E-state index >= 15 is 0 Å². The van der Waals surface area contributed by atoms with E-state index < -0.39 is 41.9 Å². The van der Waals surface area contributed by atoms with E-state index in [1.54, 1.807) is 26.0 Å². The maximum absolute atomic E-state index is 13.6. The van der Waals surface area contributed by atoms with Gasteiger partial charge in [-0.15, -0.1) is 0 Å². The molecule has 0 amide bonds. The van der Waals surface area contributed by atoms with Crippen molar-refractivity contribution in [2.24, 2.45) is 0 Å². The molecular formula is C18H19ClF3N2O5P. The molecule has 1 N–H and O–H groups in total. The van der Waals surface area contributed by atoms with Gasteiger partial charge in [0.15, 0.2) is 0 Å². The number of anilines is 1. The molecule has 0 bridgehead atoms. The van der Waals surface area contributed by atoms with Crippen molar-refractivity contribution in [2.75, 3.05) is 24.8 Å². The summed E-state index contributed by atoms with van der Waals surface area (Å²) in [5, 5.41) is 14.0. The van der Waals surface area contributed by atoms with Crippen LogP contribution in [0.2, 0.25) is 5.02 Å². The second-order valence-electron chi connectivity index (χ2n) is 5.93. The zero-order valence-electron chi connectivity index (χ0n) is 16.0. The molecule has 0 atom stereocenters. The van der Waals surface area contributed by atoms with Crippen molar-refractivity contribution in [1.82, 2.24) is 0 Å². The summed E-state index contributed by atoms with van der Waals surface area (Å²) < 4.78 is 63.6. The van der Waals surface area contributed by atoms with Gasteiger partial charge in [0.1, 0.15) is 6.29 Å². The second kappa shape index (κ2) is 9.78. The van der Waals surface area contributed by atoms with Crippen molar-refractivity contribution in [2.45, 2.75) is 20.0 Å². The molecule has 0 aliphatic rings. The Kier molecular flexibility index (Phi) is 7.87. The molecule has 0 unspecified atom stereocenters. The summed E-state index contributed by atoms with van der Waals surface area (Å²) in [5.74, 6) is 0. The van der Waals surface area contributed by atoms with E-state index in [-0.39, 0.29) is 29.4 Å². The largest absolute Gasteiger partial charge is 0.418 e. The van der Waals surface area contributed by atoms with Crippen molar-refractivity contribution >= 4 is 30.6 Å². The third kappa shape index (κ3) is 5.72. The maximum Gasteiger partial charge on any atom is 0.418 e. The molecule has 0 radical (unpaired) electrons. The molecule has 0 saturated heterocycles. The molecule has 0 aromatic heterocycles. The third-order valence-electron chi connectivity index (χ3n) is 3.92. The van der Waals surface area contributed by atoms with Gasteiger partial charge in [-0.05, 0) is 26.0 Å². The highest BCUT2D eigenvalue weighted by Crippen LogP contribution is 2.49. The van der Waals surface area contributed by atoms with E-state index in [0.29, 0.717) is 6.07 Å². The van der Waals surface area contributed by atoms with Crippen LogP contribution < -0.4 is 5.32 Å². The predicted octanol–water partition coefficient (Wildman–Crippen LogP) is 6.57. The minimum absolute atomic E-state index is 0.0240. The smallest absolute Gasteiger partial charge is 0.373 e. The lowest BCUT2D eigenvalue weighted by molar-refractivity contribution is -0.384. The van der Waals surface area contributed by atoms with Gasteiger partial charge in [-0.2, -0.15) is 13.2 Å². The van der Waals surface area contributed by atoms with Gasteiger partial charge in [0.25, 0.3) is 5.69 Å². The summed E-state index contributed by atoms with van der Waals surface area (Å²) in [4.78, 5) is 10.6. The topological polar surface area (TPSA) is 90.7 Å². The van der Waals surface area contributed by atoms with E-state index in [2.05, 4.69) is 5.32 Å². The van der Waals surface area contributed by atoms with Crippen LogP contribution in [0.25, 0.3) is 11.1 Å². The summed E-state index contributed by atoms with van der Waals surface area (Å²) in [6.07, 6.45) is -5.47. The van der Waals surface area contributed by atoms with Gasteiger partial charge < -0.3 is 14.4 Å². The standard InChI is InChI=1S/C18H19ClF3N2O5P/c1-3-28-30(27,29-4-2)11-23-16-9-13(12-7-5-6-8-15(12)19)17(24(25)26)10-14(16)18(20,21)22/h5-10,23H,3-4,11H2,1-2H3. The first-order valence-corrected chi connectivity index (χ1v) is 10.9. The normalized spacial score (nSPS) is 12.1. The number of nitro benzene ring substituents is 1. The molecule has 0 saturated carbocycles. The van der Waals surface area contributed by atoms with Gasteiger partial charge in [-0.25, -0.2) is 0 Å². The first kappa shape index (κ1) is 24.1. The molecule has 0 spiro atoms. The van der Waals surface area contributed by atoms with E-state index in [0.717, 1.165) is 6.07 Å². The van der Waals surface area contributed by atoms with Crippen molar-refractivity contribution in [3.8, 4) is 11.1 Å². The molecule has 0 aliphatic carbocycles. The number of hydrogen-bond acceptors (Lipinski definition) is 6. The molecule has 2 rings (SSSR count). The molecule has 7 nitrogen and oxygen atoms in total. The summed E-state index contributed by atoms with van der Waals surface area (Å²) in [5.41, 5.74) is -2.50. The summed E-state index contributed by atoms with van der Waals surface area (Å²) >= 11 is 6.10. The first-order chi connectivity index (χ1) is 14.0. The summed E-state index contributed by atoms with van der Waals surface area (Å²) in [6, 6.07) is 7.43. The van der Waals surface area contributed by atoms with Crippen LogP contribution >= 0.6 is 19.2 Å². The monoisotopic (exact) mass is 466 g/mol. The third-order valence-corrected chi connectivity index (χ3v) is 6.09. The molecular weight excluding hydrogens is 448 g/mol. The average molecular weight is 467 g/mol. The minimum Gasteiger partial charge on any atom is -0.373 e. The van der Waals surface area contributed by atoms with Gasteiger partial charge in [-0.1, -0.05) is 29.8 Å². The molecule has 2 aromatic carbocycles. The number of hydrogen-bond donors (Lipinski definition) is 1. The number of nitrogens with zero attached hydrogens (tertiary/aromatic N) is 1. The Labute approximate surface area is 175 Å². The van der Waals surface area contributed by atoms with Crippen LogP contribution in [0.15, 0.2) is 36.4 Å². The van der Waals surface area contributed by atoms with Crippen LogP contribution in [0.3, 0.4) is 0 Å². The van der Waals surface area contributed by atoms with Crippen LogP contribution in [0.1, 0.15) is 19.4 Å². The quantitative estimate of drug-likeness (QED) is 0.255. The SMILES string of the molecule is CCOP(=O)(CNc1cc(-c2ccccc2Cl)c([N+](=O)[O-])cc1C(F)(F)F)OCC. The fourth-order valence-electron chi connectivity index (χ4n) is 2.72. The number of nitrogens with one attached hydrogen (secondary N) is 1. The first-order valence-electron chi connectivity index (χ1n) is 8.79. The number of halogens is 4. The maximum atomic E-state index is 13.6. The fourth-order valence-corrected chi connectivity index (χ4v) is 4.36. The van der Waals surface area contributed by atoms with E-state index in [1.807, 2.05) is 0 Å². The Bertz CT molecular complexity index is 961. The Hall–Kier alpha value is -2.13. The summed E-state index contributed by atoms with van der Waals surface area (Å²) in [6.45, 7) is 3.18. The van der Waals surface area contributed by atoms with Crippen molar-refractivity contribution in [3.05, 3.63) is 57.1 Å². The number of rotatable bonds is 9. The Morgan fingerprint density at radius 2 is 1.73 bits per heavy atom. The molecule has 0 fully saturated rings. The number of benzene rings is 2. The Morgan fingerprint density at radius 3 is 2.23 bits per heavy atom. The van der Waals surface area contributed by atoms with Gasteiger partial charge in [-0.3, -0.25) is 14.7 Å². The highest BCUT2D eigenvalue weighted by Gasteiger charge is 2.37. The summed E-state index contributed by atoms with van der Waals surface area (Å²) in [7, 11) is -3.72. The predicted molar refractivity (Wildman–Crippen MR) is 108 cm³/mol. The molecule has 12 heteroatoms. The highest BCUT2D eigenvalue weighted by atomic mass is 35.5. The lowest BCUT2D eigenvalue weighted by Crippen LogP contribution is -2.14. The lowest BCUT2D eigenvalue weighted by atomic mass is 9.99. The molecule has 30 heavy (non-hydrogen) atoms. The average Bonchev–Trinajstić information content (AvgIpc) is 2.65. The van der Waals surface area contributed by atoms with Crippen LogP contribution in [0, 0.1) is 10.1 Å². The number of nitro groups is 1. The molecule has 0 heterocycles. The van der Waals surface area contributed by atoms with Gasteiger partial charge in [0.05, 0.1) is 29.3 Å².